The van der Waals surface area contributed by atoms with Crippen LogP contribution in [0.3, 0.4) is 0 Å². The van der Waals surface area contributed by atoms with E-state index < -0.39 is 0 Å². The van der Waals surface area contributed by atoms with E-state index in [0.29, 0.717) is 11.5 Å². The average Bonchev–Trinajstić information content (AvgIpc) is 3.40. The molecule has 0 spiro atoms. The number of piperazine rings is 1. The summed E-state index contributed by atoms with van der Waals surface area (Å²) in [5.41, 5.74) is 2.73. The van der Waals surface area contributed by atoms with Gasteiger partial charge in [0.25, 0.3) is 5.91 Å². The van der Waals surface area contributed by atoms with Crippen molar-refractivity contribution in [1.29, 1.82) is 0 Å². The minimum absolute atomic E-state index is 0.0919. The summed E-state index contributed by atoms with van der Waals surface area (Å²) >= 11 is 0. The third kappa shape index (κ3) is 3.80. The van der Waals surface area contributed by atoms with E-state index in [1.165, 1.54) is 5.56 Å². The van der Waals surface area contributed by atoms with Crippen LogP contribution in [0, 0.1) is 0 Å². The largest absolute Gasteiger partial charge is 0.336 e. The van der Waals surface area contributed by atoms with Gasteiger partial charge in [-0.3, -0.25) is 19.1 Å². The standard InChI is InChI=1S/C22H27N7O/c1-26-9-11-28(12-10-26)22(30)19-4-5-20-24-25-21(29(20)16-19)18-6-8-27(15-18)14-17-3-2-7-23-13-17/h2-5,7,13,16,18H,6,8-12,14-15H2,1H3/t18-/m0/s1. The molecule has 0 radical (unpaired) electrons. The first-order valence-corrected chi connectivity index (χ1v) is 10.6. The van der Waals surface area contributed by atoms with E-state index in [1.807, 2.05) is 39.9 Å². The molecule has 0 aromatic carbocycles. The van der Waals surface area contributed by atoms with Gasteiger partial charge in [-0.1, -0.05) is 6.07 Å². The molecule has 8 nitrogen and oxygen atoms in total. The number of hydrogen-bond acceptors (Lipinski definition) is 6. The van der Waals surface area contributed by atoms with E-state index in [0.717, 1.165) is 63.7 Å². The highest BCUT2D eigenvalue weighted by molar-refractivity contribution is 5.94. The van der Waals surface area contributed by atoms with Crippen LogP contribution in [-0.2, 0) is 6.54 Å². The van der Waals surface area contributed by atoms with E-state index >= 15 is 0 Å². The predicted molar refractivity (Wildman–Crippen MR) is 113 cm³/mol. The lowest BCUT2D eigenvalue weighted by molar-refractivity contribution is 0.0663. The molecule has 2 aliphatic heterocycles. The van der Waals surface area contributed by atoms with Crippen LogP contribution in [0.5, 0.6) is 0 Å². The van der Waals surface area contributed by atoms with Crippen LogP contribution < -0.4 is 0 Å². The van der Waals surface area contributed by atoms with Crippen molar-refractivity contribution in [2.45, 2.75) is 18.9 Å². The van der Waals surface area contributed by atoms with Crippen molar-refractivity contribution in [3.05, 3.63) is 59.8 Å². The molecular weight excluding hydrogens is 378 g/mol. The maximum absolute atomic E-state index is 13.0. The van der Waals surface area contributed by atoms with Gasteiger partial charge in [-0.15, -0.1) is 10.2 Å². The zero-order valence-corrected chi connectivity index (χ0v) is 17.3. The van der Waals surface area contributed by atoms with Crippen molar-refractivity contribution >= 4 is 11.6 Å². The molecule has 3 aromatic heterocycles. The first-order chi connectivity index (χ1) is 14.7. The molecule has 0 aliphatic carbocycles. The molecule has 30 heavy (non-hydrogen) atoms. The summed E-state index contributed by atoms with van der Waals surface area (Å²) in [5.74, 6) is 1.35. The number of aromatic nitrogens is 4. The fourth-order valence-corrected chi connectivity index (χ4v) is 4.44. The molecular formula is C22H27N7O. The van der Waals surface area contributed by atoms with Gasteiger partial charge in [-0.05, 0) is 43.8 Å². The zero-order chi connectivity index (χ0) is 20.5. The van der Waals surface area contributed by atoms with Crippen LogP contribution in [-0.4, -0.2) is 86.5 Å². The number of likely N-dealkylation sites (tertiary alicyclic amines) is 1. The fraction of sp³-hybridized carbons (Fsp3) is 0.455. The van der Waals surface area contributed by atoms with Crippen LogP contribution in [0.4, 0.5) is 0 Å². The van der Waals surface area contributed by atoms with Crippen LogP contribution in [0.2, 0.25) is 0 Å². The third-order valence-corrected chi connectivity index (χ3v) is 6.23. The van der Waals surface area contributed by atoms with Crippen molar-refractivity contribution < 1.29 is 4.79 Å². The Bertz CT molecular complexity index is 1030. The van der Waals surface area contributed by atoms with Gasteiger partial charge in [-0.25, -0.2) is 0 Å². The SMILES string of the molecule is CN1CCN(C(=O)c2ccc3nnc([C@H]4CCN(Cc5cccnc5)C4)n3c2)CC1. The number of carbonyl (C=O) groups excluding carboxylic acids is 1. The normalized spacial score (nSPS) is 20.8. The summed E-state index contributed by atoms with van der Waals surface area (Å²) in [7, 11) is 2.09. The second-order valence-electron chi connectivity index (χ2n) is 8.38. The van der Waals surface area contributed by atoms with Gasteiger partial charge in [0.2, 0.25) is 0 Å². The highest BCUT2D eigenvalue weighted by Crippen LogP contribution is 2.27. The number of pyridine rings is 2. The lowest BCUT2D eigenvalue weighted by Crippen LogP contribution is -2.47. The van der Waals surface area contributed by atoms with Crippen molar-refractivity contribution in [2.75, 3.05) is 46.3 Å². The first kappa shape index (κ1) is 19.1. The van der Waals surface area contributed by atoms with Crippen molar-refractivity contribution in [1.82, 2.24) is 34.3 Å². The first-order valence-electron chi connectivity index (χ1n) is 10.6. The number of nitrogens with zero attached hydrogens (tertiary/aromatic N) is 7. The molecule has 156 valence electrons. The number of likely N-dealkylation sites (N-methyl/N-ethyl adjacent to an activating group) is 1. The molecule has 2 aliphatic rings. The molecule has 0 N–H and O–H groups in total. The summed E-state index contributed by atoms with van der Waals surface area (Å²) in [6, 6.07) is 7.87. The van der Waals surface area contributed by atoms with E-state index in [2.05, 4.69) is 38.1 Å². The summed E-state index contributed by atoms with van der Waals surface area (Å²) in [5, 5.41) is 8.83. The lowest BCUT2D eigenvalue weighted by Gasteiger charge is -2.32. The Morgan fingerprint density at radius 2 is 1.97 bits per heavy atom. The third-order valence-electron chi connectivity index (χ3n) is 6.23. The van der Waals surface area contributed by atoms with Crippen molar-refractivity contribution in [3.63, 3.8) is 0 Å². The minimum atomic E-state index is 0.0919. The molecule has 0 bridgehead atoms. The van der Waals surface area contributed by atoms with Gasteiger partial charge in [0.15, 0.2) is 5.65 Å². The highest BCUT2D eigenvalue weighted by atomic mass is 16.2. The molecule has 0 unspecified atom stereocenters. The Kier molecular flexibility index (Phi) is 5.18. The van der Waals surface area contributed by atoms with Gasteiger partial charge in [0.05, 0.1) is 5.56 Å². The summed E-state index contributed by atoms with van der Waals surface area (Å²) in [6.07, 6.45) is 6.70. The fourth-order valence-electron chi connectivity index (χ4n) is 4.44. The van der Waals surface area contributed by atoms with Gasteiger partial charge in [-0.2, -0.15) is 0 Å². The molecule has 1 atom stereocenters. The van der Waals surface area contributed by atoms with Crippen molar-refractivity contribution in [3.8, 4) is 0 Å². The van der Waals surface area contributed by atoms with E-state index in [9.17, 15) is 4.79 Å². The second-order valence-corrected chi connectivity index (χ2v) is 8.38. The predicted octanol–water partition coefficient (Wildman–Crippen LogP) is 1.50. The Balaban J connectivity index is 1.33. The van der Waals surface area contributed by atoms with E-state index in [4.69, 9.17) is 0 Å². The summed E-state index contributed by atoms with van der Waals surface area (Å²) < 4.78 is 2.02. The summed E-state index contributed by atoms with van der Waals surface area (Å²) in [6.45, 7) is 6.24. The Labute approximate surface area is 176 Å². The number of hydrogen-bond donors (Lipinski definition) is 0. The van der Waals surface area contributed by atoms with Crippen LogP contribution in [0.15, 0.2) is 42.9 Å². The number of rotatable bonds is 4. The van der Waals surface area contributed by atoms with Crippen molar-refractivity contribution in [2.24, 2.45) is 0 Å². The highest BCUT2D eigenvalue weighted by Gasteiger charge is 2.28. The van der Waals surface area contributed by atoms with Crippen LogP contribution in [0.25, 0.3) is 5.65 Å². The minimum Gasteiger partial charge on any atom is -0.336 e. The zero-order valence-electron chi connectivity index (χ0n) is 17.3. The topological polar surface area (TPSA) is 69.9 Å². The molecule has 0 saturated carbocycles. The smallest absolute Gasteiger partial charge is 0.255 e. The Morgan fingerprint density at radius 3 is 2.77 bits per heavy atom. The maximum Gasteiger partial charge on any atom is 0.255 e. The van der Waals surface area contributed by atoms with E-state index in [-0.39, 0.29) is 5.91 Å². The molecule has 3 aromatic rings. The van der Waals surface area contributed by atoms with Crippen LogP contribution >= 0.6 is 0 Å². The van der Waals surface area contributed by atoms with Gasteiger partial charge in [0, 0.05) is 63.8 Å². The Morgan fingerprint density at radius 1 is 1.10 bits per heavy atom. The molecule has 2 saturated heterocycles. The molecule has 1 amide bonds. The second kappa shape index (κ2) is 8.12. The van der Waals surface area contributed by atoms with Gasteiger partial charge >= 0.3 is 0 Å². The number of fused-ring (bicyclic) bond motifs is 1. The summed E-state index contributed by atoms with van der Waals surface area (Å²) in [4.78, 5) is 23.8. The van der Waals surface area contributed by atoms with E-state index in [1.54, 1.807) is 6.20 Å². The van der Waals surface area contributed by atoms with Gasteiger partial charge in [0.1, 0.15) is 5.82 Å². The monoisotopic (exact) mass is 405 g/mol. The number of carbonyl (C=O) groups is 1. The molecule has 8 heteroatoms. The quantitative estimate of drug-likeness (QED) is 0.655. The molecule has 5 heterocycles. The molecule has 5 rings (SSSR count). The van der Waals surface area contributed by atoms with Gasteiger partial charge < -0.3 is 9.80 Å². The lowest BCUT2D eigenvalue weighted by atomic mass is 10.1. The maximum atomic E-state index is 13.0. The Hall–Kier alpha value is -2.84. The molecule has 2 fully saturated rings. The number of amides is 1. The average molecular weight is 406 g/mol. The van der Waals surface area contributed by atoms with Crippen LogP contribution in [0.1, 0.15) is 34.1 Å².